The first-order valence-electron chi connectivity index (χ1n) is 10.1. The summed E-state index contributed by atoms with van der Waals surface area (Å²) in [7, 11) is 5.07. The predicted molar refractivity (Wildman–Crippen MR) is 105 cm³/mol. The molecule has 5 rings (SSSR count). The van der Waals surface area contributed by atoms with Crippen LogP contribution in [0.2, 0.25) is 0 Å². The molecule has 6 nitrogen and oxygen atoms in total. The van der Waals surface area contributed by atoms with Crippen molar-refractivity contribution in [1.82, 2.24) is 4.90 Å². The van der Waals surface area contributed by atoms with E-state index in [1.54, 1.807) is 7.11 Å². The van der Waals surface area contributed by atoms with Crippen LogP contribution in [0.25, 0.3) is 0 Å². The van der Waals surface area contributed by atoms with Crippen LogP contribution in [0.3, 0.4) is 0 Å². The summed E-state index contributed by atoms with van der Waals surface area (Å²) in [5.74, 6) is 0.201. The molecule has 6 heteroatoms. The maximum absolute atomic E-state index is 13.2. The summed E-state index contributed by atoms with van der Waals surface area (Å²) in [6.07, 6.45) is 3.64. The average molecular weight is 384 g/mol. The molecule has 0 spiro atoms. The number of rotatable bonds is 2. The molecule has 1 aromatic carbocycles. The van der Waals surface area contributed by atoms with Crippen molar-refractivity contribution >= 4 is 11.7 Å². The molecule has 5 atom stereocenters. The third kappa shape index (κ3) is 1.79. The third-order valence-electron chi connectivity index (χ3n) is 8.01. The summed E-state index contributed by atoms with van der Waals surface area (Å²) in [6.45, 7) is 3.72. The Morgan fingerprint density at radius 3 is 2.82 bits per heavy atom. The van der Waals surface area contributed by atoms with Gasteiger partial charge in [0.05, 0.1) is 31.6 Å². The van der Waals surface area contributed by atoms with Gasteiger partial charge in [0.15, 0.2) is 5.72 Å². The standard InChI is InChI=1S/C22H28N2O4/c1-5-13-12-24-9-8-21-16-10-14(27-3)6-7-17(16)23(2)22(21,26)18(24)11-15(13)19(21)20(25)28-4/h5-7,10,15,18-19,26H,8-9,11-12H2,1-4H3/b13-5-/t15-,18+,19?,21+,22+/m1/s1. The molecule has 3 fully saturated rings. The van der Waals surface area contributed by atoms with E-state index in [-0.39, 0.29) is 17.9 Å². The Hall–Kier alpha value is -2.05. The number of allylic oxidation sites excluding steroid dienone is 1. The van der Waals surface area contributed by atoms with Gasteiger partial charge in [-0.05, 0) is 49.4 Å². The van der Waals surface area contributed by atoms with Crippen LogP contribution >= 0.6 is 0 Å². The molecular formula is C22H28N2O4. The highest BCUT2D eigenvalue weighted by Crippen LogP contribution is 2.67. The molecule has 1 N–H and O–H groups in total. The normalized spacial score (nSPS) is 39.7. The lowest BCUT2D eigenvalue weighted by molar-refractivity contribution is -0.206. The number of nitrogens with zero attached hydrogens (tertiary/aromatic N) is 2. The molecule has 1 aromatic rings. The first-order chi connectivity index (χ1) is 13.4. The minimum Gasteiger partial charge on any atom is -0.497 e. The van der Waals surface area contributed by atoms with E-state index in [9.17, 15) is 9.90 Å². The zero-order valence-corrected chi connectivity index (χ0v) is 16.9. The third-order valence-corrected chi connectivity index (χ3v) is 8.01. The lowest BCUT2D eigenvalue weighted by Crippen LogP contribution is -2.80. The van der Waals surface area contributed by atoms with Crippen LogP contribution in [0.15, 0.2) is 29.8 Å². The molecule has 28 heavy (non-hydrogen) atoms. The maximum Gasteiger partial charge on any atom is 0.310 e. The van der Waals surface area contributed by atoms with Crippen LogP contribution in [-0.4, -0.2) is 62.1 Å². The van der Waals surface area contributed by atoms with E-state index in [2.05, 4.69) is 17.9 Å². The smallest absolute Gasteiger partial charge is 0.310 e. The van der Waals surface area contributed by atoms with Crippen molar-refractivity contribution in [2.75, 3.05) is 39.3 Å². The van der Waals surface area contributed by atoms with Gasteiger partial charge in [0, 0.05) is 25.8 Å². The Kier molecular flexibility index (Phi) is 3.69. The SMILES string of the molecule is C/C=C1/CN2CC[C@@]34c5cc(OC)ccc5N(C)[C@]3(O)[C@@H]2C[C@H]1C4C(=O)OC. The lowest BCUT2D eigenvalue weighted by Gasteiger charge is -2.66. The molecule has 1 unspecified atom stereocenters. The summed E-state index contributed by atoms with van der Waals surface area (Å²) in [5.41, 5.74) is 1.42. The number of hydrogen-bond donors (Lipinski definition) is 1. The Morgan fingerprint density at radius 1 is 1.36 bits per heavy atom. The summed E-state index contributed by atoms with van der Waals surface area (Å²) in [5, 5.41) is 12.3. The number of fused-ring (bicyclic) bond motifs is 2. The summed E-state index contributed by atoms with van der Waals surface area (Å²) >= 11 is 0. The molecule has 0 radical (unpaired) electrons. The maximum atomic E-state index is 13.2. The Labute approximate surface area is 165 Å². The van der Waals surface area contributed by atoms with Gasteiger partial charge in [-0.25, -0.2) is 0 Å². The van der Waals surface area contributed by atoms with Gasteiger partial charge in [-0.15, -0.1) is 0 Å². The zero-order valence-electron chi connectivity index (χ0n) is 16.9. The van der Waals surface area contributed by atoms with Crippen LogP contribution in [-0.2, 0) is 14.9 Å². The minimum atomic E-state index is -1.14. The molecule has 3 bridgehead atoms. The van der Waals surface area contributed by atoms with Gasteiger partial charge < -0.3 is 19.5 Å². The fourth-order valence-electron chi connectivity index (χ4n) is 6.83. The molecule has 0 aromatic heterocycles. The quantitative estimate of drug-likeness (QED) is 0.621. The van der Waals surface area contributed by atoms with Gasteiger partial charge in [-0.1, -0.05) is 11.6 Å². The highest BCUT2D eigenvalue weighted by atomic mass is 16.5. The predicted octanol–water partition coefficient (Wildman–Crippen LogP) is 1.91. The molecule has 150 valence electrons. The van der Waals surface area contributed by atoms with Crippen LogP contribution in [0.4, 0.5) is 5.69 Å². The van der Waals surface area contributed by atoms with Crippen LogP contribution < -0.4 is 9.64 Å². The molecule has 2 saturated heterocycles. The Morgan fingerprint density at radius 2 is 2.14 bits per heavy atom. The average Bonchev–Trinajstić information content (AvgIpc) is 2.92. The number of anilines is 1. The van der Waals surface area contributed by atoms with Crippen molar-refractivity contribution in [2.45, 2.75) is 36.9 Å². The monoisotopic (exact) mass is 384 g/mol. The second-order valence-electron chi connectivity index (χ2n) is 8.58. The second kappa shape index (κ2) is 5.74. The highest BCUT2D eigenvalue weighted by molar-refractivity contribution is 5.81. The number of aliphatic hydroxyl groups is 1. The minimum absolute atomic E-state index is 0.0146. The van der Waals surface area contributed by atoms with Crippen molar-refractivity contribution in [3.05, 3.63) is 35.4 Å². The number of piperidine rings is 2. The van der Waals surface area contributed by atoms with Gasteiger partial charge >= 0.3 is 5.97 Å². The topological polar surface area (TPSA) is 62.2 Å². The van der Waals surface area contributed by atoms with Gasteiger partial charge in [-0.2, -0.15) is 0 Å². The second-order valence-corrected chi connectivity index (χ2v) is 8.58. The molecular weight excluding hydrogens is 356 g/mol. The van der Waals surface area contributed by atoms with E-state index in [0.717, 1.165) is 42.9 Å². The molecule has 1 saturated carbocycles. The van der Waals surface area contributed by atoms with Crippen molar-refractivity contribution in [3.8, 4) is 5.75 Å². The van der Waals surface area contributed by atoms with E-state index in [1.165, 1.54) is 12.7 Å². The van der Waals surface area contributed by atoms with Crippen molar-refractivity contribution in [3.63, 3.8) is 0 Å². The number of methoxy groups -OCH3 is 2. The summed E-state index contributed by atoms with van der Waals surface area (Å²) < 4.78 is 10.8. The van der Waals surface area contributed by atoms with E-state index in [1.807, 2.05) is 30.1 Å². The van der Waals surface area contributed by atoms with E-state index < -0.39 is 17.1 Å². The van der Waals surface area contributed by atoms with Crippen molar-refractivity contribution in [1.29, 1.82) is 0 Å². The van der Waals surface area contributed by atoms with Gasteiger partial charge in [-0.3, -0.25) is 9.69 Å². The molecule has 1 aliphatic carbocycles. The zero-order chi connectivity index (χ0) is 19.8. The molecule has 4 aliphatic rings. The molecule has 3 aliphatic heterocycles. The van der Waals surface area contributed by atoms with E-state index in [0.29, 0.717) is 0 Å². The number of likely N-dealkylation sites (N-methyl/N-ethyl adjacent to an activating group) is 1. The fourth-order valence-corrected chi connectivity index (χ4v) is 6.83. The van der Waals surface area contributed by atoms with Gasteiger partial charge in [0.25, 0.3) is 0 Å². The Bertz CT molecular complexity index is 883. The fraction of sp³-hybridized carbons (Fsp3) is 0.591. The summed E-state index contributed by atoms with van der Waals surface area (Å²) in [4.78, 5) is 17.6. The number of hydrogen-bond acceptors (Lipinski definition) is 6. The van der Waals surface area contributed by atoms with Crippen LogP contribution in [0.1, 0.15) is 25.3 Å². The Balaban J connectivity index is 1.83. The largest absolute Gasteiger partial charge is 0.497 e. The first kappa shape index (κ1) is 18.0. The van der Waals surface area contributed by atoms with Gasteiger partial charge in [0.2, 0.25) is 0 Å². The van der Waals surface area contributed by atoms with Gasteiger partial charge in [0.1, 0.15) is 5.75 Å². The number of carbonyl (C=O) groups is 1. The number of esters is 1. The van der Waals surface area contributed by atoms with E-state index >= 15 is 0 Å². The van der Waals surface area contributed by atoms with Crippen molar-refractivity contribution in [2.24, 2.45) is 11.8 Å². The number of carbonyl (C=O) groups excluding carboxylic acids is 1. The molecule has 3 heterocycles. The number of benzene rings is 1. The lowest BCUT2D eigenvalue weighted by atomic mass is 9.48. The van der Waals surface area contributed by atoms with Crippen LogP contribution in [0.5, 0.6) is 5.75 Å². The highest BCUT2D eigenvalue weighted by Gasteiger charge is 2.76. The molecule has 0 amide bonds. The number of ether oxygens (including phenoxy) is 2. The summed E-state index contributed by atoms with van der Waals surface area (Å²) in [6, 6.07) is 5.94. The van der Waals surface area contributed by atoms with Crippen LogP contribution in [0, 0.1) is 11.8 Å². The first-order valence-corrected chi connectivity index (χ1v) is 10.1. The van der Waals surface area contributed by atoms with Crippen molar-refractivity contribution < 1.29 is 19.4 Å². The van der Waals surface area contributed by atoms with E-state index in [4.69, 9.17) is 9.47 Å².